The summed E-state index contributed by atoms with van der Waals surface area (Å²) in [6, 6.07) is 0.408. The van der Waals surface area contributed by atoms with Crippen molar-refractivity contribution in [3.63, 3.8) is 0 Å². The fraction of sp³-hybridized carbons (Fsp3) is 0.900. The maximum atomic E-state index is 5.40. The van der Waals surface area contributed by atoms with Gasteiger partial charge in [-0.2, -0.15) is 0 Å². The van der Waals surface area contributed by atoms with Gasteiger partial charge in [0.25, 0.3) is 0 Å². The topological polar surface area (TPSA) is 80.9 Å². The van der Waals surface area contributed by atoms with Gasteiger partial charge in [-0.15, -0.1) is 0 Å². The van der Waals surface area contributed by atoms with E-state index < -0.39 is 0 Å². The summed E-state index contributed by atoms with van der Waals surface area (Å²) in [4.78, 5) is 4.32. The maximum absolute atomic E-state index is 5.40. The standard InChI is InChI=1S/C10H22N4O2/c1-15-6-2-5-12-10(14-11)13-9-3-7-16-8-4-9/h9H,2-8,11H2,1H3,(H2,12,13,14). The molecule has 0 saturated carbocycles. The lowest BCUT2D eigenvalue weighted by molar-refractivity contribution is 0.0822. The van der Waals surface area contributed by atoms with Crippen molar-refractivity contribution in [3.05, 3.63) is 0 Å². The molecule has 1 aliphatic rings. The quantitative estimate of drug-likeness (QED) is 0.197. The summed E-state index contributed by atoms with van der Waals surface area (Å²) in [5.41, 5.74) is 2.58. The molecule has 0 unspecified atom stereocenters. The molecule has 0 bridgehead atoms. The first kappa shape index (κ1) is 13.2. The Morgan fingerprint density at radius 2 is 2.25 bits per heavy atom. The molecule has 0 atom stereocenters. The van der Waals surface area contributed by atoms with E-state index in [1.165, 1.54) is 0 Å². The molecule has 16 heavy (non-hydrogen) atoms. The predicted molar refractivity (Wildman–Crippen MR) is 63.1 cm³/mol. The number of hydrogen-bond donors (Lipinski definition) is 3. The molecule has 0 aromatic rings. The summed E-state index contributed by atoms with van der Waals surface area (Å²) in [5.74, 6) is 6.05. The minimum absolute atomic E-state index is 0.408. The highest BCUT2D eigenvalue weighted by Gasteiger charge is 2.14. The molecule has 1 saturated heterocycles. The number of ether oxygens (including phenoxy) is 2. The minimum Gasteiger partial charge on any atom is -0.385 e. The lowest BCUT2D eigenvalue weighted by Crippen LogP contribution is -2.48. The Balaban J connectivity index is 2.23. The van der Waals surface area contributed by atoms with Crippen molar-refractivity contribution >= 4 is 5.96 Å². The summed E-state index contributed by atoms with van der Waals surface area (Å²) < 4.78 is 10.2. The number of guanidine groups is 1. The molecule has 0 radical (unpaired) electrons. The van der Waals surface area contributed by atoms with E-state index in [1.54, 1.807) is 7.11 Å². The first-order valence-electron chi connectivity index (χ1n) is 5.71. The number of nitrogens with zero attached hydrogens (tertiary/aromatic N) is 1. The highest BCUT2D eigenvalue weighted by Crippen LogP contribution is 2.05. The lowest BCUT2D eigenvalue weighted by Gasteiger charge is -2.24. The van der Waals surface area contributed by atoms with Gasteiger partial charge in [0.1, 0.15) is 0 Å². The van der Waals surface area contributed by atoms with Crippen LogP contribution < -0.4 is 16.6 Å². The van der Waals surface area contributed by atoms with Crippen LogP contribution in [0.1, 0.15) is 19.3 Å². The molecule has 6 nitrogen and oxygen atoms in total. The lowest BCUT2D eigenvalue weighted by atomic mass is 10.1. The van der Waals surface area contributed by atoms with Crippen LogP contribution in [0.4, 0.5) is 0 Å². The third-order valence-electron chi connectivity index (χ3n) is 2.48. The Morgan fingerprint density at radius 3 is 2.88 bits per heavy atom. The van der Waals surface area contributed by atoms with E-state index >= 15 is 0 Å². The number of methoxy groups -OCH3 is 1. The molecule has 6 heteroatoms. The van der Waals surface area contributed by atoms with Crippen LogP contribution in [0.5, 0.6) is 0 Å². The normalized spacial score (nSPS) is 18.5. The Kier molecular flexibility index (Phi) is 6.87. The number of hydrogen-bond acceptors (Lipinski definition) is 4. The highest BCUT2D eigenvalue weighted by molar-refractivity contribution is 5.79. The Labute approximate surface area is 96.6 Å². The fourth-order valence-electron chi connectivity index (χ4n) is 1.57. The Bertz CT molecular complexity index is 205. The van der Waals surface area contributed by atoms with Gasteiger partial charge >= 0.3 is 0 Å². The molecule has 1 fully saturated rings. The van der Waals surface area contributed by atoms with Gasteiger partial charge in [0.2, 0.25) is 5.96 Å². The summed E-state index contributed by atoms with van der Waals surface area (Å²) in [5, 5.41) is 3.28. The van der Waals surface area contributed by atoms with E-state index in [4.69, 9.17) is 15.3 Å². The van der Waals surface area contributed by atoms with Gasteiger partial charge < -0.3 is 14.8 Å². The molecule has 0 aliphatic carbocycles. The fourth-order valence-corrected chi connectivity index (χ4v) is 1.57. The van der Waals surface area contributed by atoms with E-state index in [-0.39, 0.29) is 0 Å². The van der Waals surface area contributed by atoms with Crippen molar-refractivity contribution in [2.75, 3.05) is 33.5 Å². The average Bonchev–Trinajstić information content (AvgIpc) is 2.34. The van der Waals surface area contributed by atoms with Crippen molar-refractivity contribution in [3.8, 4) is 0 Å². The number of nitrogens with one attached hydrogen (secondary N) is 2. The largest absolute Gasteiger partial charge is 0.385 e. The van der Waals surface area contributed by atoms with E-state index in [0.29, 0.717) is 18.5 Å². The summed E-state index contributed by atoms with van der Waals surface area (Å²) in [6.45, 7) is 3.04. The number of hydrazine groups is 1. The van der Waals surface area contributed by atoms with E-state index in [2.05, 4.69) is 15.7 Å². The number of nitrogens with two attached hydrogens (primary N) is 1. The van der Waals surface area contributed by atoms with Crippen molar-refractivity contribution in [2.24, 2.45) is 10.8 Å². The van der Waals surface area contributed by atoms with Crippen molar-refractivity contribution in [1.29, 1.82) is 0 Å². The zero-order chi connectivity index (χ0) is 11.6. The third kappa shape index (κ3) is 5.29. The minimum atomic E-state index is 0.408. The van der Waals surface area contributed by atoms with Gasteiger partial charge in [0.15, 0.2) is 0 Å². The zero-order valence-electron chi connectivity index (χ0n) is 9.87. The smallest absolute Gasteiger partial charge is 0.205 e. The van der Waals surface area contributed by atoms with Crippen LogP contribution in [0.3, 0.4) is 0 Å². The van der Waals surface area contributed by atoms with Gasteiger partial charge in [-0.3, -0.25) is 10.4 Å². The third-order valence-corrected chi connectivity index (χ3v) is 2.48. The van der Waals surface area contributed by atoms with Crippen LogP contribution in [0.15, 0.2) is 4.99 Å². The first-order valence-corrected chi connectivity index (χ1v) is 5.71. The number of rotatable bonds is 5. The van der Waals surface area contributed by atoms with Crippen LogP contribution in [0.25, 0.3) is 0 Å². The maximum Gasteiger partial charge on any atom is 0.205 e. The molecule has 1 heterocycles. The van der Waals surface area contributed by atoms with E-state index in [0.717, 1.165) is 39.1 Å². The van der Waals surface area contributed by atoms with Crippen molar-refractivity contribution < 1.29 is 9.47 Å². The second-order valence-electron chi connectivity index (χ2n) is 3.75. The van der Waals surface area contributed by atoms with Crippen LogP contribution in [-0.4, -0.2) is 45.5 Å². The molecule has 0 aromatic heterocycles. The van der Waals surface area contributed by atoms with Gasteiger partial charge in [-0.05, 0) is 19.3 Å². The molecule has 1 rings (SSSR count). The molecule has 1 aliphatic heterocycles. The summed E-state index contributed by atoms with van der Waals surface area (Å²) in [6.07, 6.45) is 2.90. The number of aliphatic imine (C=N–C) groups is 1. The monoisotopic (exact) mass is 230 g/mol. The van der Waals surface area contributed by atoms with Gasteiger partial charge in [-0.1, -0.05) is 0 Å². The SMILES string of the molecule is COCCCN=C(NN)NC1CCOCC1. The molecule has 4 N–H and O–H groups in total. The van der Waals surface area contributed by atoms with Crippen molar-refractivity contribution in [1.82, 2.24) is 10.7 Å². The average molecular weight is 230 g/mol. The summed E-state index contributed by atoms with van der Waals surface area (Å²) >= 11 is 0. The molecular formula is C10H22N4O2. The molecule has 94 valence electrons. The van der Waals surface area contributed by atoms with Crippen molar-refractivity contribution in [2.45, 2.75) is 25.3 Å². The Hall–Kier alpha value is -0.850. The van der Waals surface area contributed by atoms with Gasteiger partial charge in [-0.25, -0.2) is 5.84 Å². The Morgan fingerprint density at radius 1 is 1.50 bits per heavy atom. The van der Waals surface area contributed by atoms with Crippen LogP contribution in [-0.2, 0) is 9.47 Å². The second kappa shape index (κ2) is 8.32. The van der Waals surface area contributed by atoms with E-state index in [1.807, 2.05) is 0 Å². The van der Waals surface area contributed by atoms with Crippen LogP contribution in [0.2, 0.25) is 0 Å². The molecule has 0 amide bonds. The summed E-state index contributed by atoms with van der Waals surface area (Å²) in [7, 11) is 1.69. The molecular weight excluding hydrogens is 208 g/mol. The van der Waals surface area contributed by atoms with E-state index in [9.17, 15) is 0 Å². The second-order valence-corrected chi connectivity index (χ2v) is 3.75. The predicted octanol–water partition coefficient (Wildman–Crippen LogP) is -0.389. The molecule has 0 spiro atoms. The zero-order valence-corrected chi connectivity index (χ0v) is 9.87. The first-order chi connectivity index (χ1) is 7.86. The van der Waals surface area contributed by atoms with Crippen LogP contribution in [0, 0.1) is 0 Å². The molecule has 0 aromatic carbocycles. The van der Waals surface area contributed by atoms with Gasteiger partial charge in [0, 0.05) is 39.5 Å². The van der Waals surface area contributed by atoms with Gasteiger partial charge in [0.05, 0.1) is 0 Å². The van der Waals surface area contributed by atoms with Crippen LogP contribution >= 0.6 is 0 Å². The highest BCUT2D eigenvalue weighted by atomic mass is 16.5.